The van der Waals surface area contributed by atoms with Gasteiger partial charge in [-0.15, -0.1) is 0 Å². The van der Waals surface area contributed by atoms with Crippen molar-refractivity contribution in [3.05, 3.63) is 87.9 Å². The van der Waals surface area contributed by atoms with Crippen molar-refractivity contribution < 1.29 is 9.53 Å². The first-order valence-electron chi connectivity index (χ1n) is 10.6. The molecule has 0 aliphatic heterocycles. The summed E-state index contributed by atoms with van der Waals surface area (Å²) in [4.78, 5) is 21.0. The third-order valence-electron chi connectivity index (χ3n) is 5.49. The van der Waals surface area contributed by atoms with E-state index in [1.165, 1.54) is 7.11 Å². The highest BCUT2D eigenvalue weighted by Gasteiger charge is 2.19. The van der Waals surface area contributed by atoms with Crippen molar-refractivity contribution in [2.45, 2.75) is 0 Å². The van der Waals surface area contributed by atoms with Crippen LogP contribution < -0.4 is 15.4 Å². The van der Waals surface area contributed by atoms with Crippen molar-refractivity contribution in [3.63, 3.8) is 0 Å². The molecular formula is C26H18BrClN4O2S. The highest BCUT2D eigenvalue weighted by atomic mass is 79.9. The standard InChI is InChI=1S/C26H18BrClN4O2S/c1-34-23-18(12-14-6-2-3-7-16(14)22(23)27)25(33)32-26(35)29-15-10-11-19(28)17(13-15)24-30-20-8-4-5-9-21(20)31-24/h2-13H,1H3,(H,30,31)(H2,29,32,33,35). The molecule has 5 rings (SSSR count). The Kier molecular flexibility index (Phi) is 6.42. The van der Waals surface area contributed by atoms with E-state index < -0.39 is 5.91 Å². The molecule has 3 N–H and O–H groups in total. The summed E-state index contributed by atoms with van der Waals surface area (Å²) in [6.07, 6.45) is 0. The Morgan fingerprint density at radius 3 is 2.66 bits per heavy atom. The van der Waals surface area contributed by atoms with Crippen molar-refractivity contribution >= 4 is 78.3 Å². The van der Waals surface area contributed by atoms with Crippen LogP contribution in [-0.2, 0) is 0 Å². The van der Waals surface area contributed by atoms with Crippen LogP contribution in [0.5, 0.6) is 5.75 Å². The number of aromatic nitrogens is 2. The predicted octanol–water partition coefficient (Wildman–Crippen LogP) is 6.93. The number of thiocarbonyl (C=S) groups is 1. The molecule has 6 nitrogen and oxygen atoms in total. The van der Waals surface area contributed by atoms with Gasteiger partial charge in [0.15, 0.2) is 5.11 Å². The molecule has 0 saturated carbocycles. The van der Waals surface area contributed by atoms with Gasteiger partial charge < -0.3 is 15.0 Å². The largest absolute Gasteiger partial charge is 0.495 e. The third-order valence-corrected chi connectivity index (χ3v) is 6.81. The van der Waals surface area contributed by atoms with Crippen LogP contribution in [0.2, 0.25) is 5.02 Å². The first kappa shape index (κ1) is 23.3. The quantitative estimate of drug-likeness (QED) is 0.206. The number of H-pyrrole nitrogens is 1. The number of hydrogen-bond donors (Lipinski definition) is 3. The number of rotatable bonds is 4. The second kappa shape index (κ2) is 9.65. The van der Waals surface area contributed by atoms with E-state index >= 15 is 0 Å². The van der Waals surface area contributed by atoms with Gasteiger partial charge in [0.25, 0.3) is 5.91 Å². The maximum atomic E-state index is 13.1. The van der Waals surface area contributed by atoms with Crippen LogP contribution in [0, 0.1) is 0 Å². The minimum Gasteiger partial charge on any atom is -0.495 e. The third kappa shape index (κ3) is 4.60. The molecule has 0 aliphatic carbocycles. The molecule has 1 amide bonds. The lowest BCUT2D eigenvalue weighted by Crippen LogP contribution is -2.34. The number of amides is 1. The van der Waals surface area contributed by atoms with Crippen molar-refractivity contribution in [2.75, 3.05) is 12.4 Å². The highest BCUT2D eigenvalue weighted by Crippen LogP contribution is 2.36. The fourth-order valence-electron chi connectivity index (χ4n) is 3.85. The SMILES string of the molecule is COc1c(C(=O)NC(=S)Nc2ccc(Cl)c(-c3nc4ccccc4[nH]3)c2)cc2ccccc2c1Br. The molecule has 1 heterocycles. The summed E-state index contributed by atoms with van der Waals surface area (Å²) in [5.74, 6) is 0.681. The zero-order chi connectivity index (χ0) is 24.5. The van der Waals surface area contributed by atoms with Crippen molar-refractivity contribution in [3.8, 4) is 17.1 Å². The molecule has 1 aromatic heterocycles. The average molecular weight is 566 g/mol. The number of hydrogen-bond acceptors (Lipinski definition) is 4. The Labute approximate surface area is 219 Å². The summed E-state index contributed by atoms with van der Waals surface area (Å²) in [7, 11) is 1.52. The summed E-state index contributed by atoms with van der Waals surface area (Å²) in [6, 6.07) is 22.6. The van der Waals surface area contributed by atoms with Gasteiger partial charge in [-0.05, 0) is 75.3 Å². The minimum absolute atomic E-state index is 0.138. The molecule has 5 aromatic rings. The zero-order valence-corrected chi connectivity index (χ0v) is 21.5. The molecule has 0 aliphatic rings. The summed E-state index contributed by atoms with van der Waals surface area (Å²) in [5.41, 5.74) is 3.48. The number of fused-ring (bicyclic) bond motifs is 2. The van der Waals surface area contributed by atoms with Gasteiger partial charge in [0, 0.05) is 11.3 Å². The van der Waals surface area contributed by atoms with Crippen molar-refractivity contribution in [2.24, 2.45) is 0 Å². The number of aromatic amines is 1. The average Bonchev–Trinajstić information content (AvgIpc) is 3.29. The number of carbonyl (C=O) groups excluding carboxylic acids is 1. The van der Waals surface area contributed by atoms with Crippen LogP contribution in [0.1, 0.15) is 10.4 Å². The van der Waals surface area contributed by atoms with E-state index in [-0.39, 0.29) is 5.11 Å². The number of benzene rings is 4. The van der Waals surface area contributed by atoms with Crippen LogP contribution >= 0.6 is 39.7 Å². The molecule has 0 saturated heterocycles. The van der Waals surface area contributed by atoms with Gasteiger partial charge >= 0.3 is 0 Å². The van der Waals surface area contributed by atoms with E-state index in [0.29, 0.717) is 37.9 Å². The number of anilines is 1. The fourth-order valence-corrected chi connectivity index (χ4v) is 5.00. The molecule has 9 heteroatoms. The monoisotopic (exact) mass is 564 g/mol. The predicted molar refractivity (Wildman–Crippen MR) is 148 cm³/mol. The Bertz CT molecular complexity index is 1590. The van der Waals surface area contributed by atoms with Crippen LogP contribution in [0.15, 0.2) is 77.3 Å². The lowest BCUT2D eigenvalue weighted by atomic mass is 10.1. The van der Waals surface area contributed by atoms with Crippen molar-refractivity contribution in [1.82, 2.24) is 15.3 Å². The van der Waals surface area contributed by atoms with Crippen LogP contribution in [0.25, 0.3) is 33.2 Å². The Morgan fingerprint density at radius 1 is 1.09 bits per heavy atom. The molecular weight excluding hydrogens is 548 g/mol. The van der Waals surface area contributed by atoms with Gasteiger partial charge in [-0.3, -0.25) is 10.1 Å². The highest BCUT2D eigenvalue weighted by molar-refractivity contribution is 9.10. The number of halogens is 2. The molecule has 0 atom stereocenters. The first-order chi connectivity index (χ1) is 16.9. The summed E-state index contributed by atoms with van der Waals surface area (Å²) in [6.45, 7) is 0. The second-order valence-corrected chi connectivity index (χ2v) is 9.31. The van der Waals surface area contributed by atoms with E-state index in [2.05, 4.69) is 36.5 Å². The Morgan fingerprint density at radius 2 is 1.86 bits per heavy atom. The van der Waals surface area contributed by atoms with Gasteiger partial charge in [-0.1, -0.05) is 48.0 Å². The number of imidazole rings is 1. The smallest absolute Gasteiger partial charge is 0.261 e. The summed E-state index contributed by atoms with van der Waals surface area (Å²) < 4.78 is 6.22. The van der Waals surface area contributed by atoms with Gasteiger partial charge in [0.05, 0.1) is 33.2 Å². The molecule has 0 radical (unpaired) electrons. The number of para-hydroxylation sites is 2. The number of carbonyl (C=O) groups is 1. The molecule has 0 spiro atoms. The van der Waals surface area contributed by atoms with Gasteiger partial charge in [-0.25, -0.2) is 4.98 Å². The molecule has 0 bridgehead atoms. The van der Waals surface area contributed by atoms with Gasteiger partial charge in [0.2, 0.25) is 0 Å². The lowest BCUT2D eigenvalue weighted by Gasteiger charge is -2.15. The number of methoxy groups -OCH3 is 1. The first-order valence-corrected chi connectivity index (χ1v) is 12.1. The number of nitrogens with zero attached hydrogens (tertiary/aromatic N) is 1. The number of nitrogens with one attached hydrogen (secondary N) is 3. The van der Waals surface area contributed by atoms with Gasteiger partial charge in [-0.2, -0.15) is 0 Å². The summed E-state index contributed by atoms with van der Waals surface area (Å²) >= 11 is 15.4. The van der Waals surface area contributed by atoms with Crippen LogP contribution in [0.3, 0.4) is 0 Å². The topological polar surface area (TPSA) is 79.0 Å². The minimum atomic E-state index is -0.391. The Hall–Kier alpha value is -3.46. The molecule has 174 valence electrons. The van der Waals surface area contributed by atoms with Crippen molar-refractivity contribution in [1.29, 1.82) is 0 Å². The van der Waals surface area contributed by atoms with E-state index in [1.807, 2.05) is 54.6 Å². The molecule has 35 heavy (non-hydrogen) atoms. The molecule has 4 aromatic carbocycles. The number of ether oxygens (including phenoxy) is 1. The lowest BCUT2D eigenvalue weighted by molar-refractivity contribution is 0.0975. The molecule has 0 unspecified atom stereocenters. The molecule has 0 fully saturated rings. The van der Waals surface area contributed by atoms with E-state index in [0.717, 1.165) is 21.8 Å². The zero-order valence-electron chi connectivity index (χ0n) is 18.4. The van der Waals surface area contributed by atoms with Crippen LogP contribution in [-0.4, -0.2) is 28.1 Å². The maximum absolute atomic E-state index is 13.1. The Balaban J connectivity index is 1.38. The van der Waals surface area contributed by atoms with E-state index in [1.54, 1.807) is 18.2 Å². The normalized spacial score (nSPS) is 10.9. The second-order valence-electron chi connectivity index (χ2n) is 7.70. The maximum Gasteiger partial charge on any atom is 0.261 e. The summed E-state index contributed by atoms with van der Waals surface area (Å²) in [5, 5.41) is 8.30. The fraction of sp³-hybridized carbons (Fsp3) is 0.0385. The van der Waals surface area contributed by atoms with Gasteiger partial charge in [0.1, 0.15) is 11.6 Å². The van der Waals surface area contributed by atoms with E-state index in [9.17, 15) is 4.79 Å². The van der Waals surface area contributed by atoms with E-state index in [4.69, 9.17) is 28.6 Å². The van der Waals surface area contributed by atoms with Crippen LogP contribution in [0.4, 0.5) is 5.69 Å².